The number of aryl methyl sites for hydroxylation is 1. The molecule has 1 aromatic carbocycles. The summed E-state index contributed by atoms with van der Waals surface area (Å²) < 4.78 is 31.2. The predicted octanol–water partition coefficient (Wildman–Crippen LogP) is 1.24. The van der Waals surface area contributed by atoms with E-state index in [1.165, 1.54) is 12.1 Å². The van der Waals surface area contributed by atoms with Crippen molar-refractivity contribution >= 4 is 27.0 Å². The van der Waals surface area contributed by atoms with Gasteiger partial charge in [-0.1, -0.05) is 17.7 Å². The molecule has 1 aromatic rings. The third kappa shape index (κ3) is 5.15. The average molecular weight is 318 g/mol. The van der Waals surface area contributed by atoms with Gasteiger partial charge in [0.2, 0.25) is 0 Å². The minimum Gasteiger partial charge on any atom is -0.744 e. The number of aliphatic carboxylic acids is 1. The molecule has 1 fully saturated rings. The first-order valence-electron chi connectivity index (χ1n) is 5.94. The molecule has 1 saturated carbocycles. The number of hydrogen-bond donors (Lipinski definition) is 1. The molecule has 20 heavy (non-hydrogen) atoms. The first kappa shape index (κ1) is 17.0. The van der Waals surface area contributed by atoms with Crippen LogP contribution in [0.1, 0.15) is 12.0 Å². The van der Waals surface area contributed by atoms with Crippen LogP contribution < -0.4 is 0 Å². The van der Waals surface area contributed by atoms with Gasteiger partial charge in [0.15, 0.2) is 0 Å². The maximum absolute atomic E-state index is 10.4. The number of benzene rings is 1. The Kier molecular flexibility index (Phi) is 5.61. The lowest BCUT2D eigenvalue weighted by molar-refractivity contribution is -0.138. The molecule has 0 saturated heterocycles. The molecule has 0 bridgehead atoms. The minimum atomic E-state index is -4.27. The lowest BCUT2D eigenvalue weighted by atomic mass is 10.2. The van der Waals surface area contributed by atoms with Gasteiger partial charge in [-0.05, 0) is 30.0 Å². The zero-order valence-electron chi connectivity index (χ0n) is 11.6. The molecule has 0 radical (unpaired) electrons. The molecular formula is C13H18O5S2. The second-order valence-electron chi connectivity index (χ2n) is 4.87. The molecule has 0 aliphatic heterocycles. The molecule has 0 heterocycles. The highest BCUT2D eigenvalue weighted by Crippen LogP contribution is 2.36. The van der Waals surface area contributed by atoms with E-state index in [0.29, 0.717) is 16.1 Å². The Bertz CT molecular complexity index is 563. The van der Waals surface area contributed by atoms with E-state index >= 15 is 0 Å². The lowest BCUT2D eigenvalue weighted by Gasteiger charge is -2.05. The highest BCUT2D eigenvalue weighted by Gasteiger charge is 2.52. The summed E-state index contributed by atoms with van der Waals surface area (Å²) in [6.45, 7) is 1.82. The quantitative estimate of drug-likeness (QED) is 0.668. The van der Waals surface area contributed by atoms with Gasteiger partial charge in [-0.3, -0.25) is 4.79 Å². The SMILES string of the molecule is C[S+](C)C1CC1C(=O)O.Cc1ccc(S(=O)(=O)[O-])cc1. The molecule has 2 rings (SSSR count). The van der Waals surface area contributed by atoms with E-state index in [4.69, 9.17) is 5.11 Å². The van der Waals surface area contributed by atoms with Crippen LogP contribution in [0.3, 0.4) is 0 Å². The Morgan fingerprint density at radius 1 is 1.30 bits per heavy atom. The van der Waals surface area contributed by atoms with Gasteiger partial charge in [-0.15, -0.1) is 0 Å². The molecule has 7 heteroatoms. The van der Waals surface area contributed by atoms with Crippen molar-refractivity contribution in [2.75, 3.05) is 12.5 Å². The van der Waals surface area contributed by atoms with Crippen molar-refractivity contribution in [2.24, 2.45) is 5.92 Å². The van der Waals surface area contributed by atoms with Gasteiger partial charge in [0.1, 0.15) is 21.3 Å². The summed E-state index contributed by atoms with van der Waals surface area (Å²) >= 11 is 0. The molecule has 1 N–H and O–H groups in total. The van der Waals surface area contributed by atoms with Crippen LogP contribution in [0.15, 0.2) is 29.2 Å². The van der Waals surface area contributed by atoms with Crippen molar-refractivity contribution in [3.05, 3.63) is 29.8 Å². The molecule has 5 nitrogen and oxygen atoms in total. The summed E-state index contributed by atoms with van der Waals surface area (Å²) in [6, 6.07) is 5.78. The van der Waals surface area contributed by atoms with Crippen LogP contribution >= 0.6 is 0 Å². The smallest absolute Gasteiger partial charge is 0.311 e. The highest BCUT2D eigenvalue weighted by molar-refractivity contribution is 7.96. The molecular weight excluding hydrogens is 300 g/mol. The second kappa shape index (κ2) is 6.60. The topological polar surface area (TPSA) is 94.5 Å². The predicted molar refractivity (Wildman–Crippen MR) is 77.9 cm³/mol. The first-order chi connectivity index (χ1) is 9.12. The first-order valence-corrected chi connectivity index (χ1v) is 9.46. The number of hydrogen-bond acceptors (Lipinski definition) is 4. The maximum Gasteiger partial charge on any atom is 0.311 e. The van der Waals surface area contributed by atoms with Gasteiger partial charge in [0.25, 0.3) is 0 Å². The van der Waals surface area contributed by atoms with Gasteiger partial charge in [0.05, 0.1) is 17.4 Å². The summed E-state index contributed by atoms with van der Waals surface area (Å²) in [6.07, 6.45) is 5.12. The highest BCUT2D eigenvalue weighted by atomic mass is 32.2. The summed E-state index contributed by atoms with van der Waals surface area (Å²) in [5.41, 5.74) is 0.928. The van der Waals surface area contributed by atoms with Crippen LogP contribution in [-0.2, 0) is 25.8 Å². The van der Waals surface area contributed by atoms with E-state index in [1.807, 2.05) is 6.92 Å². The van der Waals surface area contributed by atoms with Crippen molar-refractivity contribution < 1.29 is 22.9 Å². The molecule has 0 aromatic heterocycles. The van der Waals surface area contributed by atoms with E-state index in [-0.39, 0.29) is 10.8 Å². The van der Waals surface area contributed by atoms with Crippen LogP contribution in [0.2, 0.25) is 0 Å². The van der Waals surface area contributed by atoms with E-state index in [1.54, 1.807) is 12.1 Å². The van der Waals surface area contributed by atoms with E-state index in [0.717, 1.165) is 12.0 Å². The van der Waals surface area contributed by atoms with Gasteiger partial charge < -0.3 is 9.66 Å². The lowest BCUT2D eigenvalue weighted by Crippen LogP contribution is -2.09. The Hall–Kier alpha value is -1.05. The minimum absolute atomic E-state index is 0.0108. The normalized spacial score (nSPS) is 21.1. The van der Waals surface area contributed by atoms with Gasteiger partial charge in [-0.25, -0.2) is 8.42 Å². The third-order valence-corrected chi connectivity index (χ3v) is 5.55. The zero-order valence-corrected chi connectivity index (χ0v) is 13.2. The molecule has 1 aliphatic carbocycles. The van der Waals surface area contributed by atoms with Crippen LogP contribution in [0.5, 0.6) is 0 Å². The molecule has 0 spiro atoms. The number of carbonyl (C=O) groups is 1. The summed E-state index contributed by atoms with van der Waals surface area (Å²) in [5, 5.41) is 8.97. The summed E-state index contributed by atoms with van der Waals surface area (Å²) in [4.78, 5) is 10.1. The standard InChI is InChI=1S/C7H8O3S.C6H10O2S/c1-6-2-4-7(5-3-6)11(8,9)10;1-9(2)5-3-4(5)6(7)8/h2-5H,1H3,(H,8,9,10);4-5H,3H2,1-2H3. The van der Waals surface area contributed by atoms with Crippen LogP contribution in [-0.4, -0.2) is 41.8 Å². The number of carboxylic acid groups (broad SMARTS) is 1. The zero-order chi connectivity index (χ0) is 15.5. The molecule has 2 atom stereocenters. The van der Waals surface area contributed by atoms with Crippen molar-refractivity contribution in [1.29, 1.82) is 0 Å². The van der Waals surface area contributed by atoms with Gasteiger partial charge >= 0.3 is 5.97 Å². The average Bonchev–Trinajstić information content (AvgIpc) is 3.09. The van der Waals surface area contributed by atoms with Crippen molar-refractivity contribution in [2.45, 2.75) is 23.5 Å². The summed E-state index contributed by atoms with van der Waals surface area (Å²) in [5.74, 6) is -0.621. The van der Waals surface area contributed by atoms with Crippen LogP contribution in [0.25, 0.3) is 0 Å². The van der Waals surface area contributed by atoms with E-state index < -0.39 is 16.1 Å². The molecule has 112 valence electrons. The summed E-state index contributed by atoms with van der Waals surface area (Å²) in [7, 11) is -3.96. The monoisotopic (exact) mass is 318 g/mol. The molecule has 0 amide bonds. The van der Waals surface area contributed by atoms with Crippen LogP contribution in [0.4, 0.5) is 0 Å². The van der Waals surface area contributed by atoms with E-state index in [9.17, 15) is 17.8 Å². The molecule has 2 unspecified atom stereocenters. The van der Waals surface area contributed by atoms with Crippen molar-refractivity contribution in [3.63, 3.8) is 0 Å². The van der Waals surface area contributed by atoms with Crippen molar-refractivity contribution in [3.8, 4) is 0 Å². The maximum atomic E-state index is 10.4. The number of carboxylic acids is 1. The fraction of sp³-hybridized carbons (Fsp3) is 0.462. The Labute approximate surface area is 122 Å². The van der Waals surface area contributed by atoms with Crippen molar-refractivity contribution in [1.82, 2.24) is 0 Å². The third-order valence-electron chi connectivity index (χ3n) is 2.96. The Morgan fingerprint density at radius 2 is 1.80 bits per heavy atom. The fourth-order valence-corrected chi connectivity index (χ4v) is 3.49. The van der Waals surface area contributed by atoms with Gasteiger partial charge in [0, 0.05) is 6.42 Å². The van der Waals surface area contributed by atoms with Gasteiger partial charge in [-0.2, -0.15) is 0 Å². The molecule has 1 aliphatic rings. The Balaban J connectivity index is 0.000000204. The van der Waals surface area contributed by atoms with E-state index in [2.05, 4.69) is 12.5 Å². The Morgan fingerprint density at radius 3 is 2.05 bits per heavy atom. The largest absolute Gasteiger partial charge is 0.744 e. The fourth-order valence-electron chi connectivity index (χ4n) is 1.66. The number of rotatable bonds is 3. The van der Waals surface area contributed by atoms with Crippen LogP contribution in [0, 0.1) is 12.8 Å². The second-order valence-corrected chi connectivity index (χ2v) is 8.61.